The van der Waals surface area contributed by atoms with Gasteiger partial charge in [0, 0.05) is 18.8 Å². The van der Waals surface area contributed by atoms with Crippen LogP contribution in [0.5, 0.6) is 0 Å². The van der Waals surface area contributed by atoms with Crippen LogP contribution in [0.4, 0.5) is 5.69 Å². The van der Waals surface area contributed by atoms with Gasteiger partial charge < -0.3 is 4.90 Å². The molecule has 0 aromatic heterocycles. The highest BCUT2D eigenvalue weighted by molar-refractivity contribution is 5.51. The Kier molecular flexibility index (Phi) is 2.23. The van der Waals surface area contributed by atoms with Crippen LogP contribution in [0.15, 0.2) is 18.2 Å². The molecule has 1 saturated heterocycles. The average Bonchev–Trinajstić information content (AvgIpc) is 2.53. The molecule has 0 aliphatic carbocycles. The predicted molar refractivity (Wildman–Crippen MR) is 56.1 cm³/mol. The van der Waals surface area contributed by atoms with Gasteiger partial charge in [0.2, 0.25) is 0 Å². The van der Waals surface area contributed by atoms with Crippen molar-refractivity contribution in [2.45, 2.75) is 13.8 Å². The van der Waals surface area contributed by atoms with Crippen molar-refractivity contribution in [2.75, 3.05) is 24.7 Å². The Morgan fingerprint density at radius 1 is 1.15 bits per heavy atom. The Morgan fingerprint density at radius 3 is 2.38 bits per heavy atom. The van der Waals surface area contributed by atoms with E-state index >= 15 is 0 Å². The second-order valence-corrected chi connectivity index (χ2v) is 3.77. The van der Waals surface area contributed by atoms with Gasteiger partial charge in [-0.05, 0) is 37.1 Å². The maximum atomic E-state index is 3.34. The first kappa shape index (κ1) is 8.57. The van der Waals surface area contributed by atoms with Crippen LogP contribution >= 0.6 is 0 Å². The lowest BCUT2D eigenvalue weighted by Gasteiger charge is -2.17. The van der Waals surface area contributed by atoms with Gasteiger partial charge in [0.05, 0.1) is 6.67 Å². The first-order chi connectivity index (χ1) is 6.25. The van der Waals surface area contributed by atoms with E-state index in [2.05, 4.69) is 42.3 Å². The highest BCUT2D eigenvalue weighted by Gasteiger charge is 2.11. The van der Waals surface area contributed by atoms with Gasteiger partial charge in [0.25, 0.3) is 0 Å². The Balaban J connectivity index is 2.28. The zero-order valence-corrected chi connectivity index (χ0v) is 8.30. The number of rotatable bonds is 1. The zero-order valence-electron chi connectivity index (χ0n) is 8.30. The summed E-state index contributed by atoms with van der Waals surface area (Å²) in [6.07, 6.45) is 0. The maximum Gasteiger partial charge on any atom is 0.0683 e. The third kappa shape index (κ3) is 1.83. The third-order valence-electron chi connectivity index (χ3n) is 2.43. The summed E-state index contributed by atoms with van der Waals surface area (Å²) in [5.74, 6) is 0. The Morgan fingerprint density at radius 2 is 1.85 bits per heavy atom. The van der Waals surface area contributed by atoms with Crippen LogP contribution in [0, 0.1) is 13.8 Å². The Hall–Kier alpha value is -1.02. The minimum absolute atomic E-state index is 0.989. The molecule has 1 aliphatic heterocycles. The summed E-state index contributed by atoms with van der Waals surface area (Å²) >= 11 is 0. The van der Waals surface area contributed by atoms with Gasteiger partial charge in [0.15, 0.2) is 0 Å². The second-order valence-electron chi connectivity index (χ2n) is 3.77. The summed E-state index contributed by atoms with van der Waals surface area (Å²) in [4.78, 5) is 2.38. The molecule has 1 aromatic rings. The Labute approximate surface area is 79.6 Å². The average molecular weight is 176 g/mol. The van der Waals surface area contributed by atoms with E-state index < -0.39 is 0 Å². The zero-order chi connectivity index (χ0) is 9.26. The molecule has 0 atom stereocenters. The van der Waals surface area contributed by atoms with E-state index in [1.807, 2.05) is 0 Å². The van der Waals surface area contributed by atoms with Crippen LogP contribution in [0.1, 0.15) is 11.1 Å². The smallest absolute Gasteiger partial charge is 0.0683 e. The molecule has 70 valence electrons. The maximum absolute atomic E-state index is 3.34. The molecule has 0 amide bonds. The summed E-state index contributed by atoms with van der Waals surface area (Å²) < 4.78 is 0. The number of nitrogens with one attached hydrogen (secondary N) is 1. The van der Waals surface area contributed by atoms with E-state index in [1.165, 1.54) is 16.8 Å². The van der Waals surface area contributed by atoms with Crippen molar-refractivity contribution in [1.29, 1.82) is 0 Å². The summed E-state index contributed by atoms with van der Waals surface area (Å²) in [6.45, 7) is 7.53. The first-order valence-electron chi connectivity index (χ1n) is 4.80. The highest BCUT2D eigenvalue weighted by Crippen LogP contribution is 2.18. The van der Waals surface area contributed by atoms with Crippen LogP contribution in [0.3, 0.4) is 0 Å². The summed E-state index contributed by atoms with van der Waals surface area (Å²) in [7, 11) is 0. The summed E-state index contributed by atoms with van der Waals surface area (Å²) in [5.41, 5.74) is 4.05. The van der Waals surface area contributed by atoms with E-state index in [0.717, 1.165) is 19.8 Å². The molecule has 1 fully saturated rings. The minimum atomic E-state index is 0.989. The molecule has 0 saturated carbocycles. The fraction of sp³-hybridized carbons (Fsp3) is 0.455. The van der Waals surface area contributed by atoms with Crippen molar-refractivity contribution in [2.24, 2.45) is 0 Å². The lowest BCUT2D eigenvalue weighted by Crippen LogP contribution is -2.21. The SMILES string of the molecule is Cc1cc(C)cc(N2CCNC2)c1. The van der Waals surface area contributed by atoms with Crippen LogP contribution in [-0.2, 0) is 0 Å². The molecule has 0 radical (unpaired) electrons. The number of nitrogens with zero attached hydrogens (tertiary/aromatic N) is 1. The second kappa shape index (κ2) is 3.38. The van der Waals surface area contributed by atoms with Gasteiger partial charge in [-0.2, -0.15) is 0 Å². The number of benzene rings is 1. The molecule has 0 unspecified atom stereocenters. The van der Waals surface area contributed by atoms with Gasteiger partial charge >= 0.3 is 0 Å². The first-order valence-corrected chi connectivity index (χ1v) is 4.80. The van der Waals surface area contributed by atoms with E-state index in [-0.39, 0.29) is 0 Å². The van der Waals surface area contributed by atoms with Gasteiger partial charge in [-0.3, -0.25) is 5.32 Å². The van der Waals surface area contributed by atoms with Gasteiger partial charge in [-0.1, -0.05) is 6.07 Å². The van der Waals surface area contributed by atoms with Crippen molar-refractivity contribution >= 4 is 5.69 Å². The molecule has 13 heavy (non-hydrogen) atoms. The number of anilines is 1. The van der Waals surface area contributed by atoms with Gasteiger partial charge in [-0.25, -0.2) is 0 Å². The molecular weight excluding hydrogens is 160 g/mol. The summed E-state index contributed by atoms with van der Waals surface area (Å²) in [6, 6.07) is 6.72. The molecule has 1 N–H and O–H groups in total. The normalized spacial score (nSPS) is 16.6. The summed E-state index contributed by atoms with van der Waals surface area (Å²) in [5, 5.41) is 3.34. The van der Waals surface area contributed by atoms with Crippen LogP contribution in [0.2, 0.25) is 0 Å². The lowest BCUT2D eigenvalue weighted by atomic mass is 10.1. The topological polar surface area (TPSA) is 15.3 Å². The molecule has 0 spiro atoms. The van der Waals surface area contributed by atoms with E-state index in [1.54, 1.807) is 0 Å². The van der Waals surface area contributed by atoms with Crippen molar-refractivity contribution in [3.8, 4) is 0 Å². The molecule has 2 heteroatoms. The van der Waals surface area contributed by atoms with Crippen LogP contribution < -0.4 is 10.2 Å². The largest absolute Gasteiger partial charge is 0.357 e. The Bertz CT molecular complexity index is 281. The molecule has 0 bridgehead atoms. The number of aryl methyl sites for hydroxylation is 2. The lowest BCUT2D eigenvalue weighted by molar-refractivity contribution is 0.855. The van der Waals surface area contributed by atoms with Crippen LogP contribution in [-0.4, -0.2) is 19.8 Å². The number of hydrogen-bond acceptors (Lipinski definition) is 2. The van der Waals surface area contributed by atoms with E-state index in [9.17, 15) is 0 Å². The van der Waals surface area contributed by atoms with Crippen molar-refractivity contribution < 1.29 is 0 Å². The standard InChI is InChI=1S/C11H16N2/c1-9-5-10(2)7-11(6-9)13-4-3-12-8-13/h5-7,12H,3-4,8H2,1-2H3. The minimum Gasteiger partial charge on any atom is -0.357 e. The monoisotopic (exact) mass is 176 g/mol. The molecule has 2 rings (SSSR count). The fourth-order valence-corrected chi connectivity index (χ4v) is 1.86. The van der Waals surface area contributed by atoms with E-state index in [4.69, 9.17) is 0 Å². The van der Waals surface area contributed by atoms with Gasteiger partial charge in [-0.15, -0.1) is 0 Å². The molecule has 1 heterocycles. The molecule has 1 aromatic carbocycles. The van der Waals surface area contributed by atoms with Crippen molar-refractivity contribution in [1.82, 2.24) is 5.32 Å². The quantitative estimate of drug-likeness (QED) is 0.700. The molecule has 2 nitrogen and oxygen atoms in total. The fourth-order valence-electron chi connectivity index (χ4n) is 1.86. The molecule has 1 aliphatic rings. The number of hydrogen-bond donors (Lipinski definition) is 1. The highest BCUT2D eigenvalue weighted by atomic mass is 15.3. The predicted octanol–water partition coefficient (Wildman–Crippen LogP) is 1.67. The molecular formula is C11H16N2. The van der Waals surface area contributed by atoms with Crippen LogP contribution in [0.25, 0.3) is 0 Å². The van der Waals surface area contributed by atoms with Crippen molar-refractivity contribution in [3.63, 3.8) is 0 Å². The van der Waals surface area contributed by atoms with E-state index in [0.29, 0.717) is 0 Å². The van der Waals surface area contributed by atoms with Crippen molar-refractivity contribution in [3.05, 3.63) is 29.3 Å². The van der Waals surface area contributed by atoms with Gasteiger partial charge in [0.1, 0.15) is 0 Å². The third-order valence-corrected chi connectivity index (χ3v) is 2.43.